The van der Waals surface area contributed by atoms with Gasteiger partial charge in [0.25, 0.3) is 0 Å². The van der Waals surface area contributed by atoms with Crippen molar-refractivity contribution in [3.8, 4) is 0 Å². The third-order valence-corrected chi connectivity index (χ3v) is 6.27. The second kappa shape index (κ2) is 10.3. The molecular weight excluding hydrogens is 404 g/mol. The van der Waals surface area contributed by atoms with E-state index < -0.39 is 10.0 Å². The van der Waals surface area contributed by atoms with Gasteiger partial charge in [0.05, 0.1) is 4.90 Å². The Morgan fingerprint density at radius 2 is 2.00 bits per heavy atom. The van der Waals surface area contributed by atoms with Crippen LogP contribution < -0.4 is 15.4 Å². The number of anilines is 1. The fourth-order valence-electron chi connectivity index (χ4n) is 3.22. The standard InChI is InChI=1S/C21H26N4O4S/c26-20(23-14-11-17-6-1-2-12-22-17)8-4-13-24-30(28,29)18-9-10-19-16(15-18)5-3-7-21(27)25-19/h1-2,6,9-10,12,15,24H,3-5,7-8,11,13-14H2,(H,23,26)(H,25,27). The van der Waals surface area contributed by atoms with Gasteiger partial charge in [0.2, 0.25) is 21.8 Å². The van der Waals surface area contributed by atoms with Crippen LogP contribution in [0.1, 0.15) is 36.9 Å². The molecule has 0 saturated heterocycles. The van der Waals surface area contributed by atoms with Gasteiger partial charge in [-0.3, -0.25) is 14.6 Å². The Labute approximate surface area is 176 Å². The zero-order chi connectivity index (χ0) is 21.4. The molecule has 2 aromatic rings. The Balaban J connectivity index is 1.42. The smallest absolute Gasteiger partial charge is 0.240 e. The number of hydrogen-bond donors (Lipinski definition) is 3. The highest BCUT2D eigenvalue weighted by Crippen LogP contribution is 2.25. The average Bonchev–Trinajstić information content (AvgIpc) is 2.92. The van der Waals surface area contributed by atoms with Crippen molar-refractivity contribution in [1.82, 2.24) is 15.0 Å². The van der Waals surface area contributed by atoms with E-state index in [0.29, 0.717) is 44.3 Å². The normalized spacial score (nSPS) is 13.8. The van der Waals surface area contributed by atoms with E-state index in [9.17, 15) is 18.0 Å². The second-order valence-corrected chi connectivity index (χ2v) is 8.91. The van der Waals surface area contributed by atoms with Crippen LogP contribution in [0.25, 0.3) is 0 Å². The first-order valence-electron chi connectivity index (χ1n) is 10.0. The predicted molar refractivity (Wildman–Crippen MR) is 113 cm³/mol. The summed E-state index contributed by atoms with van der Waals surface area (Å²) in [5.41, 5.74) is 2.39. The van der Waals surface area contributed by atoms with E-state index in [0.717, 1.165) is 11.3 Å². The summed E-state index contributed by atoms with van der Waals surface area (Å²) in [5, 5.41) is 5.60. The van der Waals surface area contributed by atoms with Gasteiger partial charge in [-0.05, 0) is 55.2 Å². The number of aryl methyl sites for hydroxylation is 1. The van der Waals surface area contributed by atoms with Gasteiger partial charge in [-0.15, -0.1) is 0 Å². The lowest BCUT2D eigenvalue weighted by atomic mass is 10.1. The molecule has 9 heteroatoms. The van der Waals surface area contributed by atoms with Crippen molar-refractivity contribution in [3.05, 3.63) is 53.9 Å². The van der Waals surface area contributed by atoms with Crippen LogP contribution in [0.4, 0.5) is 5.69 Å². The number of nitrogens with one attached hydrogen (secondary N) is 3. The van der Waals surface area contributed by atoms with Crippen LogP contribution in [0.3, 0.4) is 0 Å². The van der Waals surface area contributed by atoms with Crippen molar-refractivity contribution >= 4 is 27.5 Å². The molecule has 8 nitrogen and oxygen atoms in total. The molecule has 3 rings (SSSR count). The van der Waals surface area contributed by atoms with Crippen LogP contribution in [-0.2, 0) is 32.5 Å². The number of aromatic nitrogens is 1. The molecule has 0 atom stereocenters. The van der Waals surface area contributed by atoms with E-state index in [2.05, 4.69) is 20.3 Å². The SMILES string of the molecule is O=C(CCCNS(=O)(=O)c1ccc2c(c1)CCCC(=O)N2)NCCc1ccccn1. The topological polar surface area (TPSA) is 117 Å². The molecule has 0 spiro atoms. The van der Waals surface area contributed by atoms with Crippen molar-refractivity contribution in [1.29, 1.82) is 0 Å². The van der Waals surface area contributed by atoms with Crippen molar-refractivity contribution in [3.63, 3.8) is 0 Å². The minimum atomic E-state index is -3.67. The van der Waals surface area contributed by atoms with Gasteiger partial charge in [-0.2, -0.15) is 0 Å². The van der Waals surface area contributed by atoms with Crippen LogP contribution in [0, 0.1) is 0 Å². The molecule has 3 N–H and O–H groups in total. The third-order valence-electron chi connectivity index (χ3n) is 4.81. The number of benzene rings is 1. The molecule has 1 aromatic carbocycles. The number of pyridine rings is 1. The van der Waals surface area contributed by atoms with Gasteiger partial charge < -0.3 is 10.6 Å². The molecule has 2 heterocycles. The van der Waals surface area contributed by atoms with Gasteiger partial charge in [0, 0.05) is 49.9 Å². The molecule has 2 amide bonds. The van der Waals surface area contributed by atoms with E-state index in [-0.39, 0.29) is 29.7 Å². The third kappa shape index (κ3) is 6.36. The van der Waals surface area contributed by atoms with Crippen LogP contribution in [0.15, 0.2) is 47.5 Å². The fourth-order valence-corrected chi connectivity index (χ4v) is 4.35. The fraction of sp³-hybridized carbons (Fsp3) is 0.381. The number of nitrogens with zero attached hydrogens (tertiary/aromatic N) is 1. The summed E-state index contributed by atoms with van der Waals surface area (Å²) < 4.78 is 27.6. The Kier molecular flexibility index (Phi) is 7.53. The summed E-state index contributed by atoms with van der Waals surface area (Å²) in [6.45, 7) is 0.664. The minimum absolute atomic E-state index is 0.0548. The number of amides is 2. The van der Waals surface area contributed by atoms with Gasteiger partial charge in [0.1, 0.15) is 0 Å². The lowest BCUT2D eigenvalue weighted by molar-refractivity contribution is -0.121. The highest BCUT2D eigenvalue weighted by molar-refractivity contribution is 7.89. The number of fused-ring (bicyclic) bond motifs is 1. The Hall–Kier alpha value is -2.78. The first-order chi connectivity index (χ1) is 14.4. The van der Waals surface area contributed by atoms with Crippen molar-refractivity contribution in [2.45, 2.75) is 43.4 Å². The number of rotatable bonds is 9. The molecule has 0 radical (unpaired) electrons. The largest absolute Gasteiger partial charge is 0.356 e. The zero-order valence-corrected chi connectivity index (χ0v) is 17.5. The van der Waals surface area contributed by atoms with E-state index in [1.165, 1.54) is 6.07 Å². The van der Waals surface area contributed by atoms with Gasteiger partial charge >= 0.3 is 0 Å². The molecular formula is C21H26N4O4S. The number of carbonyl (C=O) groups excluding carboxylic acids is 2. The lowest BCUT2D eigenvalue weighted by Crippen LogP contribution is -2.28. The maximum atomic E-state index is 12.5. The van der Waals surface area contributed by atoms with E-state index >= 15 is 0 Å². The van der Waals surface area contributed by atoms with Crippen LogP contribution >= 0.6 is 0 Å². The maximum Gasteiger partial charge on any atom is 0.240 e. The van der Waals surface area contributed by atoms with E-state index in [1.807, 2.05) is 18.2 Å². The average molecular weight is 431 g/mol. The summed E-state index contributed by atoms with van der Waals surface area (Å²) in [7, 11) is -3.67. The Morgan fingerprint density at radius 1 is 1.13 bits per heavy atom. The lowest BCUT2D eigenvalue weighted by Gasteiger charge is -2.11. The molecule has 1 aromatic heterocycles. The molecule has 0 aliphatic carbocycles. The molecule has 1 aliphatic heterocycles. The summed E-state index contributed by atoms with van der Waals surface area (Å²) in [4.78, 5) is 27.9. The predicted octanol–water partition coefficient (Wildman–Crippen LogP) is 1.77. The van der Waals surface area contributed by atoms with Crippen LogP contribution in [-0.4, -0.2) is 38.3 Å². The zero-order valence-electron chi connectivity index (χ0n) is 16.7. The van der Waals surface area contributed by atoms with E-state index in [1.54, 1.807) is 18.3 Å². The summed E-state index contributed by atoms with van der Waals surface area (Å²) in [6.07, 6.45) is 4.76. The molecule has 30 heavy (non-hydrogen) atoms. The van der Waals surface area contributed by atoms with Crippen molar-refractivity contribution in [2.24, 2.45) is 0 Å². The molecule has 0 bridgehead atoms. The first kappa shape index (κ1) is 21.9. The van der Waals surface area contributed by atoms with Gasteiger partial charge in [0.15, 0.2) is 0 Å². The number of carbonyl (C=O) groups is 2. The highest BCUT2D eigenvalue weighted by atomic mass is 32.2. The Bertz CT molecular complexity index is 993. The quantitative estimate of drug-likeness (QED) is 0.524. The Morgan fingerprint density at radius 3 is 2.80 bits per heavy atom. The highest BCUT2D eigenvalue weighted by Gasteiger charge is 2.18. The number of sulfonamides is 1. The second-order valence-electron chi connectivity index (χ2n) is 7.14. The van der Waals surface area contributed by atoms with Gasteiger partial charge in [-0.1, -0.05) is 6.07 Å². The first-order valence-corrected chi connectivity index (χ1v) is 11.5. The van der Waals surface area contributed by atoms with Crippen LogP contribution in [0.5, 0.6) is 0 Å². The molecule has 1 aliphatic rings. The van der Waals surface area contributed by atoms with Crippen LogP contribution in [0.2, 0.25) is 0 Å². The summed E-state index contributed by atoms with van der Waals surface area (Å²) in [5.74, 6) is -0.174. The summed E-state index contributed by atoms with van der Waals surface area (Å²) >= 11 is 0. The summed E-state index contributed by atoms with van der Waals surface area (Å²) in [6, 6.07) is 10.4. The maximum absolute atomic E-state index is 12.5. The van der Waals surface area contributed by atoms with Crippen molar-refractivity contribution in [2.75, 3.05) is 18.4 Å². The van der Waals surface area contributed by atoms with Gasteiger partial charge in [-0.25, -0.2) is 13.1 Å². The van der Waals surface area contributed by atoms with Crippen molar-refractivity contribution < 1.29 is 18.0 Å². The molecule has 0 fully saturated rings. The monoisotopic (exact) mass is 430 g/mol. The number of hydrogen-bond acceptors (Lipinski definition) is 5. The van der Waals surface area contributed by atoms with E-state index in [4.69, 9.17) is 0 Å². The minimum Gasteiger partial charge on any atom is -0.356 e. The molecule has 0 unspecified atom stereocenters. The molecule has 160 valence electrons. The molecule has 0 saturated carbocycles.